The van der Waals surface area contributed by atoms with Gasteiger partial charge in [0.2, 0.25) is 0 Å². The predicted molar refractivity (Wildman–Crippen MR) is 152 cm³/mol. The molecule has 183 valence electrons. The molecule has 0 radical (unpaired) electrons. The van der Waals surface area contributed by atoms with Gasteiger partial charge in [-0.15, -0.1) is 0 Å². The molecule has 2 atom stereocenters. The van der Waals surface area contributed by atoms with Crippen LogP contribution in [0.1, 0.15) is 43.4 Å². The third-order valence-corrected chi connectivity index (χ3v) is 90.6. The van der Waals surface area contributed by atoms with Crippen LogP contribution >= 0.6 is 17.0 Å². The molecule has 0 fully saturated rings. The molecule has 0 saturated carbocycles. The van der Waals surface area contributed by atoms with Crippen molar-refractivity contribution < 1.29 is 22.7 Å². The average Bonchev–Trinajstić information content (AvgIpc) is 3.63. The third kappa shape index (κ3) is 3.46. The zero-order valence-electron chi connectivity index (χ0n) is 20.9. The predicted octanol–water partition coefficient (Wildman–Crippen LogP) is 9.80. The van der Waals surface area contributed by atoms with Crippen molar-refractivity contribution in [1.82, 2.24) is 0 Å². The summed E-state index contributed by atoms with van der Waals surface area (Å²) < 4.78 is 11.8. The van der Waals surface area contributed by atoms with Crippen molar-refractivity contribution in [3.05, 3.63) is 107 Å². The summed E-state index contributed by atoms with van der Waals surface area (Å²) in [6, 6.07) is 21.0. The number of hydrogen-bond donors (Lipinski definition) is 0. The topological polar surface area (TPSA) is 26.3 Å². The van der Waals surface area contributed by atoms with Gasteiger partial charge in [-0.2, -0.15) is 0 Å². The second-order valence-electron chi connectivity index (χ2n) is 10.6. The molecular formula is C30H29Cl2GeO2Zr. The van der Waals surface area contributed by atoms with Gasteiger partial charge >= 0.3 is 224 Å². The molecule has 2 aliphatic rings. The molecule has 2 aromatic heterocycles. The maximum atomic E-state index is 8.27. The van der Waals surface area contributed by atoms with Gasteiger partial charge in [-0.05, 0) is 0 Å². The van der Waals surface area contributed by atoms with Crippen LogP contribution in [0.2, 0.25) is 11.5 Å². The van der Waals surface area contributed by atoms with E-state index in [1.165, 1.54) is 33.4 Å². The third-order valence-electron chi connectivity index (χ3n) is 8.34. The summed E-state index contributed by atoms with van der Waals surface area (Å²) in [6.45, 7) is 4.46. The molecule has 0 saturated heterocycles. The van der Waals surface area contributed by atoms with Crippen LogP contribution in [0, 0.1) is 0 Å². The van der Waals surface area contributed by atoms with Crippen LogP contribution in [0.25, 0.3) is 34.8 Å². The standard InChI is InChI=1S/2C14H11O.C2H7Ge.2ClH.Zr/c2*1-10-8-11-4-2-5-12(13(11)9-10)14-6-3-7-15-14;1-3-2;;;/h2*2-9H,1H3;3H,1-2H3;2*1H;/q;;;;;+2/p-2. The van der Waals surface area contributed by atoms with Gasteiger partial charge in [0, 0.05) is 0 Å². The Balaban J connectivity index is 1.57. The Bertz CT molecular complexity index is 1420. The van der Waals surface area contributed by atoms with E-state index < -0.39 is 24.4 Å². The van der Waals surface area contributed by atoms with Crippen molar-refractivity contribution in [2.45, 2.75) is 32.6 Å². The molecule has 2 nitrogen and oxygen atoms in total. The van der Waals surface area contributed by atoms with Crippen LogP contribution in [0.15, 0.2) is 93.2 Å². The van der Waals surface area contributed by atoms with Crippen molar-refractivity contribution in [1.29, 1.82) is 0 Å². The Morgan fingerprint density at radius 2 is 1.11 bits per heavy atom. The van der Waals surface area contributed by atoms with E-state index in [1.54, 1.807) is 12.5 Å². The zero-order chi connectivity index (χ0) is 25.3. The van der Waals surface area contributed by atoms with E-state index in [-0.39, 0.29) is 7.25 Å². The molecule has 2 unspecified atom stereocenters. The SMILES string of the molecule is CC1=Cc2c(-c3ccco3)cccc2[CH]1[Zr]([Cl])([Cl])([CH]1C(C)=Cc2c(-c3ccco3)cccc21)[GeH]([CH3])[CH3]. The van der Waals surface area contributed by atoms with E-state index in [4.69, 9.17) is 25.9 Å². The summed E-state index contributed by atoms with van der Waals surface area (Å²) in [4.78, 5) is 0. The summed E-state index contributed by atoms with van der Waals surface area (Å²) in [5.41, 5.74) is 9.79. The molecule has 2 aromatic carbocycles. The van der Waals surface area contributed by atoms with Crippen LogP contribution in [0.4, 0.5) is 0 Å². The first kappa shape index (κ1) is 24.8. The molecule has 2 aliphatic carbocycles. The van der Waals surface area contributed by atoms with E-state index in [1.807, 2.05) is 24.3 Å². The summed E-state index contributed by atoms with van der Waals surface area (Å²) in [6.07, 6.45) is 8.09. The Labute approximate surface area is 222 Å². The summed E-state index contributed by atoms with van der Waals surface area (Å²) in [5.74, 6) is 6.60. The number of halogens is 2. The Kier molecular flexibility index (Phi) is 6.04. The van der Waals surface area contributed by atoms with Crippen LogP contribution in [-0.4, -0.2) is 10.6 Å². The summed E-state index contributed by atoms with van der Waals surface area (Å²) in [7, 11) is 14.4. The maximum absolute atomic E-state index is 8.27. The van der Waals surface area contributed by atoms with Crippen LogP contribution in [0.5, 0.6) is 0 Å². The van der Waals surface area contributed by atoms with E-state index in [2.05, 4.69) is 73.9 Å². The first-order valence-electron chi connectivity index (χ1n) is 12.5. The van der Waals surface area contributed by atoms with E-state index in [0.29, 0.717) is 0 Å². The second kappa shape index (κ2) is 8.77. The minimum atomic E-state index is -4.60. The number of rotatable bonds is 5. The van der Waals surface area contributed by atoms with Crippen LogP contribution < -0.4 is 0 Å². The van der Waals surface area contributed by atoms with Crippen LogP contribution in [0.3, 0.4) is 0 Å². The molecular weight excluding hydrogens is 627 g/mol. The van der Waals surface area contributed by atoms with Crippen molar-refractivity contribution in [3.8, 4) is 22.6 Å². The van der Waals surface area contributed by atoms with Crippen molar-refractivity contribution in [2.24, 2.45) is 0 Å². The van der Waals surface area contributed by atoms with Gasteiger partial charge in [0.05, 0.1) is 0 Å². The molecule has 6 rings (SSSR count). The van der Waals surface area contributed by atoms with Crippen molar-refractivity contribution in [3.63, 3.8) is 0 Å². The monoisotopic (exact) mass is 655 g/mol. The van der Waals surface area contributed by atoms with Gasteiger partial charge in [-0.25, -0.2) is 0 Å². The minimum absolute atomic E-state index is 0.0891. The van der Waals surface area contributed by atoms with Gasteiger partial charge in [0.15, 0.2) is 0 Å². The fraction of sp³-hybridized carbons (Fsp3) is 0.200. The molecule has 6 heteroatoms. The van der Waals surface area contributed by atoms with Crippen molar-refractivity contribution >= 4 is 39.7 Å². The quantitative estimate of drug-likeness (QED) is 0.200. The summed E-state index contributed by atoms with van der Waals surface area (Å²) in [5, 5.41) is 0. The molecule has 4 aromatic rings. The summed E-state index contributed by atoms with van der Waals surface area (Å²) >= 11 is -4.60. The van der Waals surface area contributed by atoms with Gasteiger partial charge in [-0.1, -0.05) is 0 Å². The number of benzene rings is 2. The van der Waals surface area contributed by atoms with Gasteiger partial charge < -0.3 is 0 Å². The van der Waals surface area contributed by atoms with Crippen molar-refractivity contribution in [2.75, 3.05) is 0 Å². The molecule has 2 heterocycles. The van der Waals surface area contributed by atoms with Gasteiger partial charge in [-0.3, -0.25) is 0 Å². The molecule has 36 heavy (non-hydrogen) atoms. The van der Waals surface area contributed by atoms with E-state index >= 15 is 0 Å². The van der Waals surface area contributed by atoms with Gasteiger partial charge in [0.1, 0.15) is 0 Å². The Morgan fingerprint density at radius 3 is 1.47 bits per heavy atom. The molecule has 0 N–H and O–H groups in total. The fourth-order valence-electron chi connectivity index (χ4n) is 6.70. The van der Waals surface area contributed by atoms with Crippen LogP contribution in [-0.2, 0) is 13.9 Å². The molecule has 0 bridgehead atoms. The molecule has 0 amide bonds. The molecule has 0 aliphatic heterocycles. The number of hydrogen-bond acceptors (Lipinski definition) is 2. The number of furan rings is 2. The molecule has 0 spiro atoms. The fourth-order valence-corrected chi connectivity index (χ4v) is 54.0. The zero-order valence-corrected chi connectivity index (χ0v) is 27.3. The van der Waals surface area contributed by atoms with E-state index in [0.717, 1.165) is 22.6 Å². The second-order valence-corrected chi connectivity index (χ2v) is 74.7. The normalized spacial score (nSPS) is 20.0. The van der Waals surface area contributed by atoms with E-state index in [9.17, 15) is 0 Å². The van der Waals surface area contributed by atoms with Gasteiger partial charge in [0.25, 0.3) is 0 Å². The Morgan fingerprint density at radius 1 is 0.667 bits per heavy atom. The first-order chi connectivity index (χ1) is 17.2. The number of allylic oxidation sites excluding steroid dienone is 2. The first-order valence-corrected chi connectivity index (χ1v) is 35.1. The Hall–Kier alpha value is -1.51. The number of fused-ring (bicyclic) bond motifs is 2. The average molecular weight is 656 g/mol.